The van der Waals surface area contributed by atoms with Crippen molar-refractivity contribution in [3.8, 4) is 0 Å². The van der Waals surface area contributed by atoms with Crippen molar-refractivity contribution in [2.24, 2.45) is 0 Å². The molecule has 3 atom stereocenters. The van der Waals surface area contributed by atoms with Gasteiger partial charge in [-0.25, -0.2) is 0 Å². The number of allylic oxidation sites excluding steroid dienone is 2. The minimum Gasteiger partial charge on any atom is -0.355 e. The van der Waals surface area contributed by atoms with Crippen molar-refractivity contribution in [3.63, 3.8) is 0 Å². The largest absolute Gasteiger partial charge is 0.355 e. The fraction of sp³-hybridized carbons (Fsp3) is 0.267. The molecular formula is C30H26N2. The van der Waals surface area contributed by atoms with Gasteiger partial charge in [0.2, 0.25) is 0 Å². The molecule has 0 fully saturated rings. The van der Waals surface area contributed by atoms with Crippen LogP contribution in [0.25, 0.3) is 27.8 Å². The summed E-state index contributed by atoms with van der Waals surface area (Å²) in [5.41, 5.74) is 9.84. The molecule has 3 aromatic carbocycles. The fourth-order valence-electron chi connectivity index (χ4n) is 7.61. The van der Waals surface area contributed by atoms with Crippen LogP contribution in [0.3, 0.4) is 0 Å². The first-order valence-corrected chi connectivity index (χ1v) is 12.0. The minimum atomic E-state index is -0.0672. The number of anilines is 2. The topological polar surface area (TPSA) is 19.0 Å². The van der Waals surface area contributed by atoms with E-state index < -0.39 is 0 Å². The Labute approximate surface area is 188 Å². The Bertz CT molecular complexity index is 1550. The summed E-state index contributed by atoms with van der Waals surface area (Å²) >= 11 is 0. The molecule has 1 aromatic heterocycles. The smallest absolute Gasteiger partial charge is 0.0675 e. The van der Waals surface area contributed by atoms with Crippen molar-refractivity contribution in [1.82, 2.24) is 4.98 Å². The van der Waals surface area contributed by atoms with Gasteiger partial charge in [0, 0.05) is 33.6 Å². The number of H-pyrrole nitrogens is 1. The molecule has 2 aliphatic carbocycles. The highest BCUT2D eigenvalue weighted by Gasteiger charge is 2.53. The molecule has 32 heavy (non-hydrogen) atoms. The summed E-state index contributed by atoms with van der Waals surface area (Å²) in [7, 11) is 0. The van der Waals surface area contributed by atoms with Crippen LogP contribution >= 0.6 is 0 Å². The van der Waals surface area contributed by atoms with E-state index in [9.17, 15) is 0 Å². The maximum atomic E-state index is 3.80. The van der Waals surface area contributed by atoms with E-state index in [1.165, 1.54) is 68.3 Å². The zero-order valence-electron chi connectivity index (χ0n) is 18.6. The van der Waals surface area contributed by atoms with E-state index in [0.717, 1.165) is 6.42 Å². The Morgan fingerprint density at radius 3 is 2.81 bits per heavy atom. The first kappa shape index (κ1) is 17.3. The highest BCUT2D eigenvalue weighted by atomic mass is 15.2. The number of aromatic amines is 1. The molecule has 0 bridgehead atoms. The molecule has 0 saturated carbocycles. The average Bonchev–Trinajstić information content (AvgIpc) is 3.27. The van der Waals surface area contributed by atoms with Crippen molar-refractivity contribution in [1.29, 1.82) is 0 Å². The Balaban J connectivity index is 1.65. The number of hydrogen-bond acceptors (Lipinski definition) is 1. The molecule has 3 heterocycles. The lowest BCUT2D eigenvalue weighted by Crippen LogP contribution is -2.43. The van der Waals surface area contributed by atoms with E-state index in [1.807, 2.05) is 0 Å². The van der Waals surface area contributed by atoms with E-state index in [1.54, 1.807) is 0 Å². The molecule has 2 heteroatoms. The second-order valence-corrected chi connectivity index (χ2v) is 10.6. The van der Waals surface area contributed by atoms with Crippen molar-refractivity contribution >= 4 is 39.1 Å². The standard InChI is InChI=1S/C30H26N2/c1-29-16-7-11-23-27(29)25-22(31-23)14-13-20-21-10-5-6-17-30(21,2)32(28(20)25)24-15-12-18-8-3-4-9-19(18)26(24)29/h3-4,6-9,11-15,17,21,31H,5,10,16H2,1-2H3. The van der Waals surface area contributed by atoms with Gasteiger partial charge >= 0.3 is 0 Å². The summed E-state index contributed by atoms with van der Waals surface area (Å²) in [6.45, 7) is 4.94. The van der Waals surface area contributed by atoms with Crippen LogP contribution < -0.4 is 4.90 Å². The predicted molar refractivity (Wildman–Crippen MR) is 134 cm³/mol. The summed E-state index contributed by atoms with van der Waals surface area (Å²) in [6, 6.07) is 18.5. The van der Waals surface area contributed by atoms with E-state index in [2.05, 4.69) is 96.6 Å². The molecule has 0 spiro atoms. The van der Waals surface area contributed by atoms with Crippen LogP contribution in [0.15, 0.2) is 66.8 Å². The van der Waals surface area contributed by atoms with Crippen LogP contribution in [0.4, 0.5) is 11.4 Å². The zero-order valence-corrected chi connectivity index (χ0v) is 18.6. The summed E-state index contributed by atoms with van der Waals surface area (Å²) in [5, 5.41) is 4.18. The van der Waals surface area contributed by atoms with Gasteiger partial charge in [-0.1, -0.05) is 61.5 Å². The third-order valence-electron chi connectivity index (χ3n) is 8.92. The zero-order chi connectivity index (χ0) is 21.2. The van der Waals surface area contributed by atoms with Gasteiger partial charge in [0.25, 0.3) is 0 Å². The lowest BCUT2D eigenvalue weighted by atomic mass is 9.68. The Morgan fingerprint density at radius 2 is 1.88 bits per heavy atom. The van der Waals surface area contributed by atoms with E-state index in [-0.39, 0.29) is 11.0 Å². The maximum absolute atomic E-state index is 3.80. The highest BCUT2D eigenvalue weighted by Crippen LogP contribution is 2.64. The van der Waals surface area contributed by atoms with Crippen molar-refractivity contribution in [3.05, 3.63) is 89.1 Å². The predicted octanol–water partition coefficient (Wildman–Crippen LogP) is 7.70. The second kappa shape index (κ2) is 5.38. The van der Waals surface area contributed by atoms with Crippen LogP contribution in [0, 0.1) is 0 Å². The SMILES string of the molecule is CC12CC=Cc3[nH]c4ccc5c(c4c31)N(c1ccc3ccccc3c12)C1(C)C=CCCC51. The first-order valence-electron chi connectivity index (χ1n) is 12.0. The van der Waals surface area contributed by atoms with E-state index >= 15 is 0 Å². The minimum absolute atomic E-state index is 0.0342. The quantitative estimate of drug-likeness (QED) is 0.292. The van der Waals surface area contributed by atoms with E-state index in [4.69, 9.17) is 0 Å². The molecule has 2 aliphatic heterocycles. The van der Waals surface area contributed by atoms with Crippen LogP contribution in [0.2, 0.25) is 0 Å². The van der Waals surface area contributed by atoms with Gasteiger partial charge in [-0.05, 0) is 71.9 Å². The van der Waals surface area contributed by atoms with Gasteiger partial charge in [-0.15, -0.1) is 0 Å². The summed E-state index contributed by atoms with van der Waals surface area (Å²) in [5.74, 6) is 0.528. The van der Waals surface area contributed by atoms with Crippen LogP contribution in [0.1, 0.15) is 61.4 Å². The Kier molecular flexibility index (Phi) is 2.91. The van der Waals surface area contributed by atoms with E-state index in [0.29, 0.717) is 5.92 Å². The average molecular weight is 415 g/mol. The number of hydrogen-bond donors (Lipinski definition) is 1. The molecule has 2 nitrogen and oxygen atoms in total. The number of rotatable bonds is 0. The van der Waals surface area contributed by atoms with Crippen LogP contribution in [0.5, 0.6) is 0 Å². The fourth-order valence-corrected chi connectivity index (χ4v) is 7.61. The number of aromatic nitrogens is 1. The molecular weight excluding hydrogens is 388 g/mol. The molecule has 3 unspecified atom stereocenters. The molecule has 0 saturated heterocycles. The van der Waals surface area contributed by atoms with Gasteiger partial charge < -0.3 is 9.88 Å². The van der Waals surface area contributed by atoms with Crippen LogP contribution in [-0.4, -0.2) is 10.5 Å². The maximum Gasteiger partial charge on any atom is 0.0675 e. The number of fused-ring (bicyclic) bond motifs is 8. The molecule has 4 aromatic rings. The Morgan fingerprint density at radius 1 is 0.969 bits per heavy atom. The summed E-state index contributed by atoms with van der Waals surface area (Å²) in [4.78, 5) is 6.52. The van der Waals surface area contributed by atoms with Gasteiger partial charge in [-0.3, -0.25) is 0 Å². The summed E-state index contributed by atoms with van der Waals surface area (Å²) < 4.78 is 0. The lowest BCUT2D eigenvalue weighted by molar-refractivity contribution is 0.439. The van der Waals surface area contributed by atoms with Crippen molar-refractivity contribution in [2.75, 3.05) is 4.90 Å². The van der Waals surface area contributed by atoms with Gasteiger partial charge in [0.1, 0.15) is 0 Å². The van der Waals surface area contributed by atoms with Gasteiger partial charge in [0.15, 0.2) is 0 Å². The van der Waals surface area contributed by atoms with Crippen molar-refractivity contribution < 1.29 is 0 Å². The summed E-state index contributed by atoms with van der Waals surface area (Å²) in [6.07, 6.45) is 13.0. The lowest BCUT2D eigenvalue weighted by Gasteiger charge is -2.43. The van der Waals surface area contributed by atoms with Crippen LogP contribution in [-0.2, 0) is 5.41 Å². The van der Waals surface area contributed by atoms with Crippen molar-refractivity contribution in [2.45, 2.75) is 50.0 Å². The number of nitrogens with zero attached hydrogens (tertiary/aromatic N) is 1. The molecule has 1 N–H and O–H groups in total. The number of nitrogens with one attached hydrogen (secondary N) is 1. The first-order chi connectivity index (χ1) is 15.6. The molecule has 8 rings (SSSR count). The van der Waals surface area contributed by atoms with Gasteiger partial charge in [0.05, 0.1) is 11.2 Å². The molecule has 156 valence electrons. The normalized spacial score (nSPS) is 28.8. The number of benzene rings is 3. The third-order valence-corrected chi connectivity index (χ3v) is 8.92. The third kappa shape index (κ3) is 1.75. The highest BCUT2D eigenvalue weighted by molar-refractivity contribution is 6.08. The van der Waals surface area contributed by atoms with Gasteiger partial charge in [-0.2, -0.15) is 0 Å². The monoisotopic (exact) mass is 414 g/mol. The Hall–Kier alpha value is -3.26. The molecule has 0 amide bonds. The second-order valence-electron chi connectivity index (χ2n) is 10.6. The molecule has 0 radical (unpaired) electrons. The molecule has 4 aliphatic rings.